The summed E-state index contributed by atoms with van der Waals surface area (Å²) in [6.45, 7) is 10.7. The molecule has 1 N–H and O–H groups in total. The van der Waals surface area contributed by atoms with Gasteiger partial charge < -0.3 is 9.63 Å². The topological polar surface area (TPSA) is 52.7 Å². The average Bonchev–Trinajstić information content (AvgIpc) is 2.76. The highest BCUT2D eigenvalue weighted by atomic mass is 16.5. The Bertz CT molecular complexity index is 392. The van der Waals surface area contributed by atoms with Crippen LogP contribution in [0, 0.1) is 6.92 Å². The molecule has 1 fully saturated rings. The number of rotatable bonds is 5. The van der Waals surface area contributed by atoms with Gasteiger partial charge in [0.2, 0.25) is 0 Å². The van der Waals surface area contributed by atoms with Gasteiger partial charge in [-0.15, -0.1) is 0 Å². The third-order valence-corrected chi connectivity index (χ3v) is 3.71. The number of aromatic nitrogens is 1. The number of aliphatic hydroxyl groups excluding tert-OH is 1. The van der Waals surface area contributed by atoms with E-state index in [1.807, 2.05) is 19.9 Å². The van der Waals surface area contributed by atoms with Gasteiger partial charge in [-0.2, -0.15) is 0 Å². The van der Waals surface area contributed by atoms with E-state index in [0.717, 1.165) is 50.6 Å². The molecule has 108 valence electrons. The monoisotopic (exact) mass is 267 g/mol. The van der Waals surface area contributed by atoms with Crippen LogP contribution >= 0.6 is 0 Å². The first kappa shape index (κ1) is 14.5. The minimum atomic E-state index is -0.252. The number of hydrogen-bond acceptors (Lipinski definition) is 5. The van der Waals surface area contributed by atoms with Crippen LogP contribution in [-0.4, -0.2) is 58.4 Å². The Balaban J connectivity index is 1.89. The van der Waals surface area contributed by atoms with Crippen molar-refractivity contribution in [3.05, 3.63) is 17.5 Å². The fraction of sp³-hybridized carbons (Fsp3) is 0.786. The molecule has 0 bridgehead atoms. The summed E-state index contributed by atoms with van der Waals surface area (Å²) in [4.78, 5) is 4.81. The fourth-order valence-corrected chi connectivity index (χ4v) is 2.78. The molecule has 2 rings (SSSR count). The molecule has 0 spiro atoms. The maximum atomic E-state index is 9.54. The normalized spacial score (nSPS) is 23.7. The minimum absolute atomic E-state index is 0.252. The third-order valence-electron chi connectivity index (χ3n) is 3.71. The number of aryl methyl sites for hydroxylation is 1. The van der Waals surface area contributed by atoms with Crippen LogP contribution < -0.4 is 0 Å². The zero-order valence-corrected chi connectivity index (χ0v) is 12.2. The molecule has 1 aromatic heterocycles. The van der Waals surface area contributed by atoms with Crippen LogP contribution in [0.25, 0.3) is 0 Å². The molecule has 5 nitrogen and oxygen atoms in total. The van der Waals surface area contributed by atoms with Gasteiger partial charge in [-0.3, -0.25) is 9.80 Å². The highest BCUT2D eigenvalue weighted by molar-refractivity contribution is 5.03. The molecule has 2 atom stereocenters. The zero-order valence-electron chi connectivity index (χ0n) is 12.2. The molecular formula is C14H25N3O2. The second-order valence-electron chi connectivity index (χ2n) is 5.58. The van der Waals surface area contributed by atoms with Crippen molar-refractivity contribution in [2.75, 3.05) is 26.2 Å². The Morgan fingerprint density at radius 3 is 2.89 bits per heavy atom. The van der Waals surface area contributed by atoms with Crippen LogP contribution in [0.3, 0.4) is 0 Å². The molecule has 2 unspecified atom stereocenters. The largest absolute Gasteiger partial charge is 0.392 e. The van der Waals surface area contributed by atoms with Crippen molar-refractivity contribution in [2.24, 2.45) is 0 Å². The number of piperazine rings is 1. The Labute approximate surface area is 115 Å². The SMILES string of the molecule is CCC1CN(Cc2cc(C)no2)CCN1CC(C)O. The van der Waals surface area contributed by atoms with Gasteiger partial charge in [0, 0.05) is 38.3 Å². The van der Waals surface area contributed by atoms with Gasteiger partial charge in [0.05, 0.1) is 18.3 Å². The van der Waals surface area contributed by atoms with E-state index in [1.165, 1.54) is 0 Å². The lowest BCUT2D eigenvalue weighted by Crippen LogP contribution is -2.54. The Morgan fingerprint density at radius 2 is 2.32 bits per heavy atom. The van der Waals surface area contributed by atoms with Gasteiger partial charge in [0.25, 0.3) is 0 Å². The lowest BCUT2D eigenvalue weighted by atomic mass is 10.1. The second-order valence-corrected chi connectivity index (χ2v) is 5.58. The lowest BCUT2D eigenvalue weighted by Gasteiger charge is -2.41. The Kier molecular flexibility index (Phi) is 4.96. The Hall–Kier alpha value is -0.910. The predicted octanol–water partition coefficient (Wildman–Crippen LogP) is 1.26. The van der Waals surface area contributed by atoms with Crippen molar-refractivity contribution < 1.29 is 9.63 Å². The van der Waals surface area contributed by atoms with Gasteiger partial charge in [-0.1, -0.05) is 12.1 Å². The van der Waals surface area contributed by atoms with Crippen molar-refractivity contribution in [1.82, 2.24) is 15.0 Å². The summed E-state index contributed by atoms with van der Waals surface area (Å²) in [5.74, 6) is 0.941. The molecule has 1 aliphatic heterocycles. The van der Waals surface area contributed by atoms with Gasteiger partial charge >= 0.3 is 0 Å². The summed E-state index contributed by atoms with van der Waals surface area (Å²) in [5, 5.41) is 13.5. The molecule has 0 amide bonds. The maximum absolute atomic E-state index is 9.54. The van der Waals surface area contributed by atoms with E-state index in [0.29, 0.717) is 6.04 Å². The standard InChI is InChI=1S/C14H25N3O2/c1-4-13-9-16(5-6-17(13)8-12(3)18)10-14-7-11(2)15-19-14/h7,12-13,18H,4-6,8-10H2,1-3H3. The smallest absolute Gasteiger partial charge is 0.150 e. The number of aliphatic hydroxyl groups is 1. The van der Waals surface area contributed by atoms with E-state index in [4.69, 9.17) is 4.52 Å². The van der Waals surface area contributed by atoms with Crippen molar-refractivity contribution in [3.8, 4) is 0 Å². The molecule has 1 aromatic rings. The van der Waals surface area contributed by atoms with E-state index in [1.54, 1.807) is 0 Å². The van der Waals surface area contributed by atoms with Gasteiger partial charge in [0.1, 0.15) is 0 Å². The van der Waals surface area contributed by atoms with E-state index >= 15 is 0 Å². The quantitative estimate of drug-likeness (QED) is 0.870. The third kappa shape index (κ3) is 4.03. The van der Waals surface area contributed by atoms with Crippen molar-refractivity contribution >= 4 is 0 Å². The Morgan fingerprint density at radius 1 is 1.53 bits per heavy atom. The summed E-state index contributed by atoms with van der Waals surface area (Å²) in [7, 11) is 0. The molecule has 5 heteroatoms. The zero-order chi connectivity index (χ0) is 13.8. The summed E-state index contributed by atoms with van der Waals surface area (Å²) in [5.41, 5.74) is 0.940. The van der Waals surface area contributed by atoms with Crippen LogP contribution in [0.5, 0.6) is 0 Å². The molecule has 0 radical (unpaired) electrons. The molecular weight excluding hydrogens is 242 g/mol. The summed E-state index contributed by atoms with van der Waals surface area (Å²) in [6, 6.07) is 2.52. The van der Waals surface area contributed by atoms with Crippen molar-refractivity contribution in [1.29, 1.82) is 0 Å². The maximum Gasteiger partial charge on any atom is 0.150 e. The van der Waals surface area contributed by atoms with Crippen LogP contribution in [0.15, 0.2) is 10.6 Å². The van der Waals surface area contributed by atoms with E-state index in [2.05, 4.69) is 21.9 Å². The molecule has 1 saturated heterocycles. The highest BCUT2D eigenvalue weighted by Gasteiger charge is 2.26. The van der Waals surface area contributed by atoms with Crippen LogP contribution in [0.4, 0.5) is 0 Å². The molecule has 1 aliphatic rings. The summed E-state index contributed by atoms with van der Waals surface area (Å²) < 4.78 is 5.28. The first-order valence-corrected chi connectivity index (χ1v) is 7.15. The van der Waals surface area contributed by atoms with E-state index in [-0.39, 0.29) is 6.10 Å². The first-order chi connectivity index (χ1) is 9.08. The molecule has 0 aromatic carbocycles. The average molecular weight is 267 g/mol. The lowest BCUT2D eigenvalue weighted by molar-refractivity contribution is 0.0308. The first-order valence-electron chi connectivity index (χ1n) is 7.15. The fourth-order valence-electron chi connectivity index (χ4n) is 2.78. The van der Waals surface area contributed by atoms with E-state index < -0.39 is 0 Å². The van der Waals surface area contributed by atoms with Crippen molar-refractivity contribution in [3.63, 3.8) is 0 Å². The molecule has 2 heterocycles. The number of hydrogen-bond donors (Lipinski definition) is 1. The summed E-state index contributed by atoms with van der Waals surface area (Å²) in [6.07, 6.45) is 0.857. The van der Waals surface area contributed by atoms with Crippen LogP contribution in [-0.2, 0) is 6.54 Å². The van der Waals surface area contributed by atoms with Crippen molar-refractivity contribution in [2.45, 2.75) is 45.9 Å². The highest BCUT2D eigenvalue weighted by Crippen LogP contribution is 2.16. The number of β-amino-alcohol motifs (C(OH)–C–C–N with tert-alkyl or cyclic N) is 1. The predicted molar refractivity (Wildman–Crippen MR) is 73.8 cm³/mol. The molecule has 0 aliphatic carbocycles. The van der Waals surface area contributed by atoms with E-state index in [9.17, 15) is 5.11 Å². The number of nitrogens with zero attached hydrogens (tertiary/aromatic N) is 3. The van der Waals surface area contributed by atoms with Gasteiger partial charge in [-0.25, -0.2) is 0 Å². The van der Waals surface area contributed by atoms with Crippen LogP contribution in [0.2, 0.25) is 0 Å². The summed E-state index contributed by atoms with van der Waals surface area (Å²) >= 11 is 0. The van der Waals surface area contributed by atoms with Gasteiger partial charge in [0.15, 0.2) is 5.76 Å². The molecule has 0 saturated carbocycles. The van der Waals surface area contributed by atoms with Crippen LogP contribution in [0.1, 0.15) is 31.7 Å². The van der Waals surface area contributed by atoms with Gasteiger partial charge in [-0.05, 0) is 20.3 Å². The molecule has 19 heavy (non-hydrogen) atoms. The second kappa shape index (κ2) is 6.50. The minimum Gasteiger partial charge on any atom is -0.392 e.